The number of hydrogen-bond donors (Lipinski definition) is 2. The molecule has 9 nitrogen and oxygen atoms in total. The number of nitrogens with two attached hydrogens (primary N) is 1. The van der Waals surface area contributed by atoms with E-state index < -0.39 is 23.8 Å². The number of amides is 1. The molecule has 1 aliphatic heterocycles. The summed E-state index contributed by atoms with van der Waals surface area (Å²) in [6.07, 6.45) is -1.42. The number of carbonyl (C=O) groups is 1. The number of rotatable bonds is 6. The largest absolute Gasteiger partial charge is 0.494 e. The minimum Gasteiger partial charge on any atom is -0.494 e. The Kier molecular flexibility index (Phi) is 7.53. The highest BCUT2D eigenvalue weighted by atomic mass is 79.9. The van der Waals surface area contributed by atoms with Gasteiger partial charge in [-0.25, -0.2) is 15.0 Å². The summed E-state index contributed by atoms with van der Waals surface area (Å²) in [6.45, 7) is 3.13. The van der Waals surface area contributed by atoms with Gasteiger partial charge >= 0.3 is 6.18 Å². The summed E-state index contributed by atoms with van der Waals surface area (Å²) in [4.78, 5) is 28.1. The van der Waals surface area contributed by atoms with Crippen molar-refractivity contribution in [3.8, 4) is 17.2 Å². The molecule has 206 valence electrons. The number of benzene rings is 1. The lowest BCUT2D eigenvalue weighted by molar-refractivity contribution is -0.140. The first-order valence-corrected chi connectivity index (χ1v) is 13.6. The molecule has 4 aromatic rings. The summed E-state index contributed by atoms with van der Waals surface area (Å²) < 4.78 is 52.0. The Bertz CT molecular complexity index is 1510. The summed E-state index contributed by atoms with van der Waals surface area (Å²) in [7, 11) is 1.35. The number of aromatic nitrogens is 3. The number of carbonyl (C=O) groups excluding carboxylic acids is 1. The van der Waals surface area contributed by atoms with Gasteiger partial charge in [0.05, 0.1) is 23.1 Å². The maximum Gasteiger partial charge on any atom is 0.433 e. The number of anilines is 1. The summed E-state index contributed by atoms with van der Waals surface area (Å²) in [5.41, 5.74) is 5.44. The summed E-state index contributed by atoms with van der Waals surface area (Å²) in [6, 6.07) is 4.51. The van der Waals surface area contributed by atoms with Crippen LogP contribution in [0.25, 0.3) is 22.4 Å². The van der Waals surface area contributed by atoms with Crippen LogP contribution in [0.2, 0.25) is 0 Å². The fourth-order valence-corrected chi connectivity index (χ4v) is 5.71. The minimum atomic E-state index is -4.63. The number of pyridine rings is 1. The molecule has 0 radical (unpaired) electrons. The molecule has 4 heterocycles. The zero-order valence-corrected chi connectivity index (χ0v) is 23.3. The number of halogens is 4. The van der Waals surface area contributed by atoms with E-state index in [-0.39, 0.29) is 34.7 Å². The number of hydrogen-bond acceptors (Lipinski definition) is 9. The molecule has 0 unspecified atom stereocenters. The summed E-state index contributed by atoms with van der Waals surface area (Å²) in [5.74, 6) is -0.0430. The normalized spacial score (nSPS) is 15.5. The number of piperidine rings is 1. The van der Waals surface area contributed by atoms with Gasteiger partial charge in [0.25, 0.3) is 5.91 Å². The number of methoxy groups -OCH3 is 1. The molecule has 1 atom stereocenters. The average Bonchev–Trinajstić information content (AvgIpc) is 3.55. The fourth-order valence-electron chi connectivity index (χ4n) is 4.48. The van der Waals surface area contributed by atoms with Gasteiger partial charge in [-0.1, -0.05) is 11.3 Å². The van der Waals surface area contributed by atoms with Gasteiger partial charge in [-0.05, 0) is 60.0 Å². The van der Waals surface area contributed by atoms with E-state index in [1.807, 2.05) is 0 Å². The smallest absolute Gasteiger partial charge is 0.433 e. The first-order valence-electron chi connectivity index (χ1n) is 12.0. The number of ether oxygens (including phenoxy) is 1. The molecule has 1 aliphatic rings. The highest BCUT2D eigenvalue weighted by Gasteiger charge is 2.33. The van der Waals surface area contributed by atoms with Crippen molar-refractivity contribution < 1.29 is 27.1 Å². The zero-order valence-electron chi connectivity index (χ0n) is 20.9. The van der Waals surface area contributed by atoms with Gasteiger partial charge in [-0.15, -0.1) is 0 Å². The molecular weight excluding hydrogens is 601 g/mol. The molecule has 5 rings (SSSR count). The quantitative estimate of drug-likeness (QED) is 0.286. The Morgan fingerprint density at radius 1 is 1.26 bits per heavy atom. The SMILES string of the molecule is COc1ccc(-c2nc(C(=O)NC3CCN(c4ncc(Br)s4)CC3)c([C@H](C)N)o2)c2ccc(C(F)(F)F)nc12. The molecule has 3 N–H and O–H groups in total. The predicted molar refractivity (Wildman–Crippen MR) is 144 cm³/mol. The second-order valence-corrected chi connectivity index (χ2v) is 11.5. The average molecular weight is 625 g/mol. The highest BCUT2D eigenvalue weighted by Crippen LogP contribution is 2.37. The van der Waals surface area contributed by atoms with E-state index in [1.54, 1.807) is 30.5 Å². The van der Waals surface area contributed by atoms with Crippen LogP contribution in [0.3, 0.4) is 0 Å². The van der Waals surface area contributed by atoms with Crippen LogP contribution in [0.15, 0.2) is 38.7 Å². The molecule has 3 aromatic heterocycles. The van der Waals surface area contributed by atoms with Crippen molar-refractivity contribution in [3.63, 3.8) is 0 Å². The molecule has 1 saturated heterocycles. The molecule has 0 bridgehead atoms. The van der Waals surface area contributed by atoms with E-state index in [2.05, 4.69) is 41.1 Å². The van der Waals surface area contributed by atoms with Gasteiger partial charge in [0.2, 0.25) is 5.89 Å². The van der Waals surface area contributed by atoms with Gasteiger partial charge in [-0.2, -0.15) is 13.2 Å². The van der Waals surface area contributed by atoms with Gasteiger partial charge < -0.3 is 25.1 Å². The van der Waals surface area contributed by atoms with Gasteiger partial charge in [-0.3, -0.25) is 4.79 Å². The Balaban J connectivity index is 1.41. The van der Waals surface area contributed by atoms with E-state index in [4.69, 9.17) is 14.9 Å². The lowest BCUT2D eigenvalue weighted by Crippen LogP contribution is -2.45. The molecule has 0 spiro atoms. The van der Waals surface area contributed by atoms with E-state index >= 15 is 0 Å². The second-order valence-electron chi connectivity index (χ2n) is 9.11. The van der Waals surface area contributed by atoms with Gasteiger partial charge in [0, 0.05) is 30.1 Å². The third-order valence-electron chi connectivity index (χ3n) is 6.41. The van der Waals surface area contributed by atoms with Crippen LogP contribution in [0, 0.1) is 0 Å². The van der Waals surface area contributed by atoms with E-state index in [0.29, 0.717) is 10.9 Å². The van der Waals surface area contributed by atoms with Crippen LogP contribution in [-0.2, 0) is 6.18 Å². The van der Waals surface area contributed by atoms with E-state index in [0.717, 1.165) is 40.9 Å². The van der Waals surface area contributed by atoms with Crippen LogP contribution >= 0.6 is 27.3 Å². The monoisotopic (exact) mass is 624 g/mol. The Hall–Kier alpha value is -3.23. The Morgan fingerprint density at radius 3 is 2.62 bits per heavy atom. The van der Waals surface area contributed by atoms with Crippen molar-refractivity contribution in [2.75, 3.05) is 25.1 Å². The van der Waals surface area contributed by atoms with E-state index in [9.17, 15) is 18.0 Å². The van der Waals surface area contributed by atoms with Crippen molar-refractivity contribution in [2.45, 2.75) is 38.0 Å². The molecule has 14 heteroatoms. The molecular formula is C25H24BrF3N6O3S. The number of nitrogens with one attached hydrogen (secondary N) is 1. The third kappa shape index (κ3) is 5.58. The summed E-state index contributed by atoms with van der Waals surface area (Å²) in [5, 5.41) is 4.28. The fraction of sp³-hybridized carbons (Fsp3) is 0.360. The van der Waals surface area contributed by atoms with Gasteiger partial charge in [0.1, 0.15) is 17.0 Å². The second kappa shape index (κ2) is 10.7. The van der Waals surface area contributed by atoms with E-state index in [1.165, 1.54) is 19.2 Å². The lowest BCUT2D eigenvalue weighted by Gasteiger charge is -2.32. The van der Waals surface area contributed by atoms with Gasteiger partial charge in [0.15, 0.2) is 16.6 Å². The number of alkyl halides is 3. The van der Waals surface area contributed by atoms with Crippen molar-refractivity contribution in [2.24, 2.45) is 5.73 Å². The van der Waals surface area contributed by atoms with Crippen LogP contribution < -0.4 is 20.7 Å². The Morgan fingerprint density at radius 2 is 2.00 bits per heavy atom. The highest BCUT2D eigenvalue weighted by molar-refractivity contribution is 9.11. The lowest BCUT2D eigenvalue weighted by atomic mass is 10.0. The maximum absolute atomic E-state index is 13.3. The zero-order chi connectivity index (χ0) is 27.9. The molecule has 0 aliphatic carbocycles. The number of oxazole rings is 1. The van der Waals surface area contributed by atoms with Crippen LogP contribution in [0.1, 0.15) is 47.7 Å². The number of thiazole rings is 1. The molecule has 1 aromatic carbocycles. The standard InChI is InChI=1S/C25H24BrF3N6O3S/c1-12(30)21-20(22(36)32-13-7-9-35(10-8-13)24-31-11-18(26)39-24)34-23(38-21)15-3-5-16(37-2)19-14(15)4-6-17(33-19)25(27,28)29/h3-6,11-13H,7-10,30H2,1-2H3,(H,32,36)/t12-/m0/s1. The van der Waals surface area contributed by atoms with Crippen molar-refractivity contribution in [1.82, 2.24) is 20.3 Å². The first kappa shape index (κ1) is 27.3. The van der Waals surface area contributed by atoms with Crippen LogP contribution in [0.4, 0.5) is 18.3 Å². The number of nitrogens with zero attached hydrogens (tertiary/aromatic N) is 4. The van der Waals surface area contributed by atoms with Crippen molar-refractivity contribution >= 4 is 49.2 Å². The topological polar surface area (TPSA) is 119 Å². The van der Waals surface area contributed by atoms with Crippen LogP contribution in [-0.4, -0.2) is 47.1 Å². The maximum atomic E-state index is 13.3. The Labute approximate surface area is 233 Å². The minimum absolute atomic E-state index is 0.00427. The molecule has 1 fully saturated rings. The molecule has 0 saturated carbocycles. The van der Waals surface area contributed by atoms with Crippen molar-refractivity contribution in [1.29, 1.82) is 0 Å². The van der Waals surface area contributed by atoms with Crippen molar-refractivity contribution in [3.05, 3.63) is 51.4 Å². The predicted octanol–water partition coefficient (Wildman–Crippen LogP) is 5.55. The number of fused-ring (bicyclic) bond motifs is 1. The molecule has 39 heavy (non-hydrogen) atoms. The molecule has 1 amide bonds. The first-order chi connectivity index (χ1) is 18.5. The third-order valence-corrected chi connectivity index (χ3v) is 7.95. The van der Waals surface area contributed by atoms with Crippen LogP contribution in [0.5, 0.6) is 5.75 Å². The summed E-state index contributed by atoms with van der Waals surface area (Å²) >= 11 is 4.99.